The van der Waals surface area contributed by atoms with Crippen molar-refractivity contribution in [2.24, 2.45) is 5.92 Å². The number of anilines is 6. The van der Waals surface area contributed by atoms with Crippen molar-refractivity contribution in [3.05, 3.63) is 343 Å². The van der Waals surface area contributed by atoms with Crippen molar-refractivity contribution in [2.75, 3.05) is 9.80 Å². The molecular formula is C75H60N4+2. The normalized spacial score (nSPS) is 17.1. The van der Waals surface area contributed by atoms with Gasteiger partial charge in [-0.05, 0) is 178 Å². The monoisotopic (exact) mass is 1020 g/mol. The maximum Gasteiger partial charge on any atom is 0.144 e. The van der Waals surface area contributed by atoms with Crippen LogP contribution < -0.4 is 19.6 Å². The molecule has 14 rings (SSSR count). The zero-order valence-electron chi connectivity index (χ0n) is 44.3. The Labute approximate surface area is 464 Å². The van der Waals surface area contributed by atoms with Gasteiger partial charge < -0.3 is 9.80 Å². The molecule has 0 bridgehead atoms. The minimum absolute atomic E-state index is 0.179. The van der Waals surface area contributed by atoms with Crippen LogP contribution in [0.25, 0.3) is 16.7 Å². The van der Waals surface area contributed by atoms with Crippen LogP contribution in [0, 0.1) is 5.92 Å². The van der Waals surface area contributed by atoms with Crippen LogP contribution >= 0.6 is 0 Å². The van der Waals surface area contributed by atoms with Gasteiger partial charge in [0.15, 0.2) is 0 Å². The van der Waals surface area contributed by atoms with Gasteiger partial charge in [0, 0.05) is 64.3 Å². The highest BCUT2D eigenvalue weighted by Gasteiger charge is 2.55. The Hall–Kier alpha value is -9.58. The third-order valence-electron chi connectivity index (χ3n) is 16.6. The molecule has 0 amide bonds. The molecule has 2 N–H and O–H groups in total. The fourth-order valence-corrected chi connectivity index (χ4v) is 13.3. The molecular weight excluding hydrogens is 957 g/mol. The Bertz CT molecular complexity index is 3920. The van der Waals surface area contributed by atoms with Gasteiger partial charge in [-0.15, -0.1) is 0 Å². The number of rotatable bonds is 12. The number of hydrogen-bond acceptors (Lipinski definition) is 2. The summed E-state index contributed by atoms with van der Waals surface area (Å²) in [6.45, 7) is 7.17. The maximum absolute atomic E-state index is 4.70. The minimum atomic E-state index is -0.770. The molecule has 10 aromatic carbocycles. The number of allylic oxidation sites excluding steroid dienone is 8. The van der Waals surface area contributed by atoms with E-state index in [9.17, 15) is 0 Å². The largest absolute Gasteiger partial charge is 0.310 e. The van der Waals surface area contributed by atoms with Crippen molar-refractivity contribution in [1.29, 1.82) is 0 Å². The van der Waals surface area contributed by atoms with E-state index in [1.54, 1.807) is 0 Å². The molecule has 0 fully saturated rings. The summed E-state index contributed by atoms with van der Waals surface area (Å²) in [5.41, 5.74) is 24.7. The van der Waals surface area contributed by atoms with Crippen LogP contribution in [0.3, 0.4) is 0 Å². The highest BCUT2D eigenvalue weighted by molar-refractivity contribution is 5.99. The second-order valence-electron chi connectivity index (χ2n) is 21.2. The number of hydrogen-bond donors (Lipinski definition) is 2. The Morgan fingerprint density at radius 1 is 0.418 bits per heavy atom. The van der Waals surface area contributed by atoms with Crippen LogP contribution in [0.5, 0.6) is 0 Å². The van der Waals surface area contributed by atoms with Crippen molar-refractivity contribution >= 4 is 62.4 Å². The maximum atomic E-state index is 4.70. The van der Waals surface area contributed by atoms with Crippen LogP contribution in [0.4, 0.5) is 56.9 Å². The molecule has 4 aliphatic carbocycles. The van der Waals surface area contributed by atoms with Crippen LogP contribution in [0.2, 0.25) is 0 Å². The molecule has 4 nitrogen and oxygen atoms in total. The van der Waals surface area contributed by atoms with Crippen molar-refractivity contribution in [1.82, 2.24) is 0 Å². The van der Waals surface area contributed by atoms with E-state index in [0.717, 1.165) is 52.5 Å². The van der Waals surface area contributed by atoms with Gasteiger partial charge in [0.1, 0.15) is 34.1 Å². The van der Waals surface area contributed by atoms with E-state index in [1.807, 2.05) is 0 Å². The van der Waals surface area contributed by atoms with Gasteiger partial charge in [0.25, 0.3) is 0 Å². The van der Waals surface area contributed by atoms with E-state index in [4.69, 9.17) is 6.58 Å². The summed E-state index contributed by atoms with van der Waals surface area (Å²) < 4.78 is 0. The van der Waals surface area contributed by atoms with Crippen molar-refractivity contribution < 1.29 is 9.80 Å². The average Bonchev–Trinajstić information content (AvgIpc) is 3.94. The van der Waals surface area contributed by atoms with Gasteiger partial charge in [-0.25, -0.2) is 9.80 Å². The number of fused-ring (bicyclic) bond motifs is 9. The summed E-state index contributed by atoms with van der Waals surface area (Å²) >= 11 is 0. The van der Waals surface area contributed by atoms with Gasteiger partial charge in [0.2, 0.25) is 0 Å². The lowest BCUT2D eigenvalue weighted by molar-refractivity contribution is -0.716. The topological polar surface area (TPSA) is 15.4 Å². The summed E-state index contributed by atoms with van der Waals surface area (Å²) in [6.07, 6.45) is 11.0. The van der Waals surface area contributed by atoms with Crippen LogP contribution in [0.1, 0.15) is 42.0 Å². The van der Waals surface area contributed by atoms with Crippen LogP contribution in [-0.2, 0) is 5.41 Å². The molecule has 3 atom stereocenters. The first-order valence-corrected chi connectivity index (χ1v) is 27.7. The minimum Gasteiger partial charge on any atom is -0.310 e. The first-order chi connectivity index (χ1) is 39.0. The van der Waals surface area contributed by atoms with E-state index in [2.05, 4.69) is 308 Å². The van der Waals surface area contributed by atoms with Crippen LogP contribution in [0.15, 0.2) is 320 Å². The van der Waals surface area contributed by atoms with Gasteiger partial charge in [0.05, 0.1) is 5.41 Å². The van der Waals surface area contributed by atoms with Crippen molar-refractivity contribution in [3.8, 4) is 11.1 Å². The first kappa shape index (κ1) is 47.8. The quantitative estimate of drug-likeness (QED) is 0.127. The van der Waals surface area contributed by atoms with Gasteiger partial charge in [-0.1, -0.05) is 165 Å². The molecule has 0 radical (unpaired) electrons. The first-order valence-electron chi connectivity index (χ1n) is 27.7. The molecule has 0 heterocycles. The number of quaternary nitrogens is 2. The van der Waals surface area contributed by atoms with Crippen molar-refractivity contribution in [2.45, 2.75) is 25.2 Å². The second-order valence-corrected chi connectivity index (χ2v) is 21.2. The molecule has 79 heavy (non-hydrogen) atoms. The predicted molar refractivity (Wildman–Crippen MR) is 327 cm³/mol. The second kappa shape index (κ2) is 20.1. The lowest BCUT2D eigenvalue weighted by Crippen LogP contribution is -3.00. The molecule has 378 valence electrons. The van der Waals surface area contributed by atoms with Crippen molar-refractivity contribution in [3.63, 3.8) is 0 Å². The van der Waals surface area contributed by atoms with E-state index < -0.39 is 5.41 Å². The SMILES string of the molecule is C=C1CC=CC=C1[NH+](c1ccccc1)c1ccc2c(c1)[C@]1(C3=C(c4ccc(N(c5ccccc5)c5ccccc5)cc41)C(C)CC([NH+](c1ccccc1)c1ccccc1)=C3)c1cc(N(c3ccccc3)c3ccccc3)ccc1-2. The molecule has 10 aromatic rings. The van der Waals surface area contributed by atoms with E-state index in [1.165, 1.54) is 88.5 Å². The summed E-state index contributed by atoms with van der Waals surface area (Å²) in [4.78, 5) is 7.33. The molecule has 0 aromatic heterocycles. The molecule has 0 saturated carbocycles. The smallest absolute Gasteiger partial charge is 0.144 e. The highest BCUT2D eigenvalue weighted by Crippen LogP contribution is 2.66. The number of nitrogens with one attached hydrogen (secondary N) is 2. The Morgan fingerprint density at radius 2 is 0.823 bits per heavy atom. The Kier molecular flexibility index (Phi) is 12.2. The number of benzene rings is 10. The summed E-state index contributed by atoms with van der Waals surface area (Å²) in [5.74, 6) is 0.179. The predicted octanol–water partition coefficient (Wildman–Crippen LogP) is 17.4. The van der Waals surface area contributed by atoms with E-state index in [0.29, 0.717) is 0 Å². The fourth-order valence-electron chi connectivity index (χ4n) is 13.3. The molecule has 0 aliphatic heterocycles. The summed E-state index contributed by atoms with van der Waals surface area (Å²) in [6, 6.07) is 98.5. The van der Waals surface area contributed by atoms with E-state index >= 15 is 0 Å². The number of para-hydroxylation sites is 7. The Balaban J connectivity index is 1.10. The molecule has 4 heteroatoms. The lowest BCUT2D eigenvalue weighted by atomic mass is 9.68. The zero-order valence-corrected chi connectivity index (χ0v) is 44.3. The zero-order chi connectivity index (χ0) is 52.9. The summed E-state index contributed by atoms with van der Waals surface area (Å²) in [5, 5.41) is 0. The third kappa shape index (κ3) is 8.15. The van der Waals surface area contributed by atoms with Crippen LogP contribution in [-0.4, -0.2) is 0 Å². The van der Waals surface area contributed by atoms with Gasteiger partial charge in [-0.3, -0.25) is 0 Å². The average molecular weight is 1020 g/mol. The Morgan fingerprint density at radius 3 is 1.29 bits per heavy atom. The summed E-state index contributed by atoms with van der Waals surface area (Å²) in [7, 11) is 0. The molecule has 2 unspecified atom stereocenters. The lowest BCUT2D eigenvalue weighted by Gasteiger charge is -2.36. The fraction of sp³-hybridized carbons (Fsp3) is 0.0667. The van der Waals surface area contributed by atoms with Gasteiger partial charge >= 0.3 is 0 Å². The standard InChI is InChI=1S/C75H58N4/c1-53-26-24-25-41-73(53)79(61-39-22-9-23-40-61)64-43-46-67-66-45-42-62(76(55-27-10-3-11-28-55)56-29-12-4-13-30-56)49-69(66)75(70(67)51-64)71-50-63(77(57-31-14-5-15-32-57)58-33-16-6-17-34-58)44-47-68(71)74-54(2)48-65(52-72(74)75)78(59-35-18-7-19-36-59)60-37-20-8-21-38-60/h3-25,27-47,49-52,54H,1,26,48H2,2H3/p+2/t54?,75-/m1/s1. The number of nitrogens with zero attached hydrogens (tertiary/aromatic N) is 2. The van der Waals surface area contributed by atoms with E-state index in [-0.39, 0.29) is 5.92 Å². The molecule has 1 spiro atoms. The highest BCUT2D eigenvalue weighted by atomic mass is 15.2. The molecule has 4 aliphatic rings. The van der Waals surface area contributed by atoms with Gasteiger partial charge in [-0.2, -0.15) is 0 Å². The third-order valence-corrected chi connectivity index (χ3v) is 16.6. The molecule has 0 saturated heterocycles.